The monoisotopic (exact) mass is 405 g/mol. The Balaban J connectivity index is 1.74. The quantitative estimate of drug-likeness (QED) is 0.605. The van der Waals surface area contributed by atoms with E-state index in [0.717, 1.165) is 15.7 Å². The van der Waals surface area contributed by atoms with Crippen LogP contribution < -0.4 is 0 Å². The standard InChI is InChI=1S/C17H13BrClN3O2/c1-11-16(17(23)24-10-12-2-6-14(19)7-3-12)20-21-22(11)15-8-4-13(18)5-9-15/h2-9H,10H2,1H3. The summed E-state index contributed by atoms with van der Waals surface area (Å²) >= 11 is 9.21. The van der Waals surface area contributed by atoms with Gasteiger partial charge in [-0.2, -0.15) is 0 Å². The molecule has 0 atom stereocenters. The summed E-state index contributed by atoms with van der Waals surface area (Å²) in [6.07, 6.45) is 0. The highest BCUT2D eigenvalue weighted by Gasteiger charge is 2.18. The number of esters is 1. The maximum absolute atomic E-state index is 12.2. The van der Waals surface area contributed by atoms with Gasteiger partial charge in [0, 0.05) is 9.50 Å². The van der Waals surface area contributed by atoms with Crippen molar-refractivity contribution in [2.75, 3.05) is 0 Å². The Morgan fingerprint density at radius 1 is 1.17 bits per heavy atom. The lowest BCUT2D eigenvalue weighted by atomic mass is 10.2. The van der Waals surface area contributed by atoms with Crippen LogP contribution in [-0.2, 0) is 11.3 Å². The van der Waals surface area contributed by atoms with Gasteiger partial charge >= 0.3 is 5.97 Å². The van der Waals surface area contributed by atoms with Crippen molar-refractivity contribution in [1.82, 2.24) is 15.0 Å². The van der Waals surface area contributed by atoms with Crippen LogP contribution in [0, 0.1) is 6.92 Å². The number of nitrogens with zero attached hydrogens (tertiary/aromatic N) is 3. The Labute approximate surface area is 152 Å². The predicted octanol–water partition coefficient (Wildman–Crippen LogP) is 4.35. The Bertz CT molecular complexity index is 861. The second-order valence-corrected chi connectivity index (χ2v) is 6.47. The van der Waals surface area contributed by atoms with E-state index in [2.05, 4.69) is 26.2 Å². The van der Waals surface area contributed by atoms with Gasteiger partial charge in [0.25, 0.3) is 0 Å². The number of carbonyl (C=O) groups excluding carboxylic acids is 1. The van der Waals surface area contributed by atoms with E-state index < -0.39 is 5.97 Å². The van der Waals surface area contributed by atoms with E-state index in [-0.39, 0.29) is 12.3 Å². The summed E-state index contributed by atoms with van der Waals surface area (Å²) in [5.41, 5.74) is 2.50. The van der Waals surface area contributed by atoms with E-state index in [4.69, 9.17) is 16.3 Å². The molecule has 0 radical (unpaired) electrons. The zero-order chi connectivity index (χ0) is 17.1. The second-order valence-electron chi connectivity index (χ2n) is 5.11. The topological polar surface area (TPSA) is 57.0 Å². The largest absolute Gasteiger partial charge is 0.456 e. The van der Waals surface area contributed by atoms with E-state index >= 15 is 0 Å². The minimum Gasteiger partial charge on any atom is -0.456 e. The summed E-state index contributed by atoms with van der Waals surface area (Å²) < 4.78 is 7.86. The number of rotatable bonds is 4. The number of benzene rings is 2. The van der Waals surface area contributed by atoms with Crippen molar-refractivity contribution in [2.24, 2.45) is 0 Å². The number of aromatic nitrogens is 3. The van der Waals surface area contributed by atoms with Crippen LogP contribution in [0.3, 0.4) is 0 Å². The lowest BCUT2D eigenvalue weighted by molar-refractivity contribution is 0.0464. The fraction of sp³-hybridized carbons (Fsp3) is 0.118. The zero-order valence-corrected chi connectivity index (χ0v) is 15.1. The van der Waals surface area contributed by atoms with Crippen molar-refractivity contribution in [1.29, 1.82) is 0 Å². The van der Waals surface area contributed by atoms with Gasteiger partial charge in [-0.1, -0.05) is 44.9 Å². The van der Waals surface area contributed by atoms with E-state index in [9.17, 15) is 4.79 Å². The molecule has 5 nitrogen and oxygen atoms in total. The molecule has 24 heavy (non-hydrogen) atoms. The van der Waals surface area contributed by atoms with Crippen LogP contribution in [0.2, 0.25) is 5.02 Å². The number of hydrogen-bond donors (Lipinski definition) is 0. The summed E-state index contributed by atoms with van der Waals surface area (Å²) in [6, 6.07) is 14.7. The van der Waals surface area contributed by atoms with E-state index in [0.29, 0.717) is 10.7 Å². The van der Waals surface area contributed by atoms with Gasteiger partial charge in [0.1, 0.15) is 6.61 Å². The van der Waals surface area contributed by atoms with Gasteiger partial charge in [0.05, 0.1) is 11.4 Å². The molecule has 0 unspecified atom stereocenters. The molecule has 7 heteroatoms. The van der Waals surface area contributed by atoms with E-state index in [1.54, 1.807) is 35.9 Å². The molecule has 0 spiro atoms. The summed E-state index contributed by atoms with van der Waals surface area (Å²) in [7, 11) is 0. The van der Waals surface area contributed by atoms with Crippen LogP contribution in [0.1, 0.15) is 21.7 Å². The Kier molecular flexibility index (Phi) is 4.97. The summed E-state index contributed by atoms with van der Waals surface area (Å²) in [6.45, 7) is 1.93. The Hall–Kier alpha value is -2.18. The van der Waals surface area contributed by atoms with Crippen LogP contribution in [0.15, 0.2) is 53.0 Å². The fourth-order valence-corrected chi connectivity index (χ4v) is 2.53. The predicted molar refractivity (Wildman–Crippen MR) is 94.4 cm³/mol. The lowest BCUT2D eigenvalue weighted by Crippen LogP contribution is -2.08. The summed E-state index contributed by atoms with van der Waals surface area (Å²) in [5.74, 6) is -0.509. The average molecular weight is 407 g/mol. The number of carbonyl (C=O) groups is 1. The minimum absolute atomic E-state index is 0.153. The van der Waals surface area contributed by atoms with Gasteiger partial charge in [0.2, 0.25) is 0 Å². The first-order valence-electron chi connectivity index (χ1n) is 7.14. The van der Waals surface area contributed by atoms with Crippen molar-refractivity contribution in [2.45, 2.75) is 13.5 Å². The maximum atomic E-state index is 12.2. The second kappa shape index (κ2) is 7.15. The normalized spacial score (nSPS) is 10.6. The van der Waals surface area contributed by atoms with Gasteiger partial charge in [0.15, 0.2) is 5.69 Å². The van der Waals surface area contributed by atoms with Crippen LogP contribution >= 0.6 is 27.5 Å². The van der Waals surface area contributed by atoms with E-state index in [1.807, 2.05) is 24.3 Å². The molecular formula is C17H13BrClN3O2. The number of hydrogen-bond acceptors (Lipinski definition) is 4. The molecule has 0 N–H and O–H groups in total. The number of ether oxygens (including phenoxy) is 1. The van der Waals surface area contributed by atoms with E-state index in [1.165, 1.54) is 0 Å². The van der Waals surface area contributed by atoms with Gasteiger partial charge in [-0.3, -0.25) is 0 Å². The third kappa shape index (κ3) is 3.66. The first kappa shape index (κ1) is 16.7. The molecule has 1 heterocycles. The molecule has 0 aliphatic carbocycles. The third-order valence-electron chi connectivity index (χ3n) is 3.44. The highest BCUT2D eigenvalue weighted by atomic mass is 79.9. The molecule has 0 bridgehead atoms. The third-order valence-corrected chi connectivity index (χ3v) is 4.22. The minimum atomic E-state index is -0.509. The summed E-state index contributed by atoms with van der Waals surface area (Å²) in [4.78, 5) is 12.2. The molecule has 3 rings (SSSR count). The molecule has 3 aromatic rings. The molecule has 0 aliphatic rings. The average Bonchev–Trinajstić information content (AvgIpc) is 2.96. The van der Waals surface area contributed by atoms with Gasteiger partial charge in [-0.15, -0.1) is 5.10 Å². The van der Waals surface area contributed by atoms with Gasteiger partial charge < -0.3 is 4.74 Å². The number of halogens is 2. The Morgan fingerprint density at radius 3 is 2.50 bits per heavy atom. The highest BCUT2D eigenvalue weighted by molar-refractivity contribution is 9.10. The first-order valence-corrected chi connectivity index (χ1v) is 8.31. The summed E-state index contributed by atoms with van der Waals surface area (Å²) in [5, 5.41) is 8.62. The highest BCUT2D eigenvalue weighted by Crippen LogP contribution is 2.17. The van der Waals surface area contributed by atoms with Crippen molar-refractivity contribution in [3.05, 3.63) is 75.0 Å². The molecular weight excluding hydrogens is 394 g/mol. The van der Waals surface area contributed by atoms with Crippen molar-refractivity contribution in [3.63, 3.8) is 0 Å². The van der Waals surface area contributed by atoms with Crippen LogP contribution in [0.25, 0.3) is 5.69 Å². The smallest absolute Gasteiger partial charge is 0.361 e. The molecule has 2 aromatic carbocycles. The molecule has 0 fully saturated rings. The Morgan fingerprint density at radius 2 is 1.83 bits per heavy atom. The van der Waals surface area contributed by atoms with Gasteiger partial charge in [-0.25, -0.2) is 9.48 Å². The van der Waals surface area contributed by atoms with Crippen molar-refractivity contribution < 1.29 is 9.53 Å². The molecule has 0 amide bonds. The molecule has 0 saturated heterocycles. The molecule has 122 valence electrons. The van der Waals surface area contributed by atoms with Crippen LogP contribution in [-0.4, -0.2) is 21.0 Å². The first-order chi connectivity index (χ1) is 11.5. The van der Waals surface area contributed by atoms with Crippen molar-refractivity contribution >= 4 is 33.5 Å². The lowest BCUT2D eigenvalue weighted by Gasteiger charge is -2.05. The van der Waals surface area contributed by atoms with Crippen molar-refractivity contribution in [3.8, 4) is 5.69 Å². The fourth-order valence-electron chi connectivity index (χ4n) is 2.14. The maximum Gasteiger partial charge on any atom is 0.361 e. The van der Waals surface area contributed by atoms with Crippen LogP contribution in [0.4, 0.5) is 0 Å². The molecule has 1 aromatic heterocycles. The van der Waals surface area contributed by atoms with Crippen LogP contribution in [0.5, 0.6) is 0 Å². The van der Waals surface area contributed by atoms with Gasteiger partial charge in [-0.05, 0) is 48.9 Å². The molecule has 0 aliphatic heterocycles. The zero-order valence-electron chi connectivity index (χ0n) is 12.7. The SMILES string of the molecule is Cc1c(C(=O)OCc2ccc(Cl)cc2)nnn1-c1ccc(Br)cc1. The molecule has 0 saturated carbocycles.